The minimum atomic E-state index is -0.846. The lowest BCUT2D eigenvalue weighted by molar-refractivity contribution is -0.132. The molecule has 31 heavy (non-hydrogen) atoms. The summed E-state index contributed by atoms with van der Waals surface area (Å²) >= 11 is 5.95. The number of carbonyl (C=O) groups is 2. The zero-order chi connectivity index (χ0) is 22.3. The molecule has 0 unspecified atom stereocenters. The predicted octanol–water partition coefficient (Wildman–Crippen LogP) is 5.39. The second-order valence-electron chi connectivity index (χ2n) is 7.79. The number of amides is 1. The van der Waals surface area contributed by atoms with Crippen molar-refractivity contribution in [1.29, 1.82) is 0 Å². The molecule has 3 aromatic rings. The first-order chi connectivity index (χ1) is 14.8. The Bertz CT molecular complexity index is 1180. The summed E-state index contributed by atoms with van der Waals surface area (Å²) in [4.78, 5) is 27.3. The van der Waals surface area contributed by atoms with E-state index in [0.717, 1.165) is 5.56 Å². The highest BCUT2D eigenvalue weighted by Crippen LogP contribution is 2.42. The molecule has 1 N–H and O–H groups in total. The molecule has 7 heteroatoms. The molecule has 1 aliphatic rings. The second kappa shape index (κ2) is 8.04. The monoisotopic (exact) mass is 436 g/mol. The summed E-state index contributed by atoms with van der Waals surface area (Å²) in [6, 6.07) is 14.8. The maximum atomic E-state index is 13.0. The van der Waals surface area contributed by atoms with Crippen molar-refractivity contribution in [2.75, 3.05) is 4.90 Å². The van der Waals surface area contributed by atoms with Gasteiger partial charge in [-0.2, -0.15) is 0 Å². The van der Waals surface area contributed by atoms with Gasteiger partial charge in [0.25, 0.3) is 5.78 Å². The lowest BCUT2D eigenvalue weighted by Crippen LogP contribution is -2.29. The van der Waals surface area contributed by atoms with E-state index in [9.17, 15) is 14.7 Å². The van der Waals surface area contributed by atoms with Crippen molar-refractivity contribution < 1.29 is 19.2 Å². The Hall–Kier alpha value is -3.38. The number of nitrogens with zero attached hydrogens (tertiary/aromatic N) is 2. The first-order valence-corrected chi connectivity index (χ1v) is 10.3. The van der Waals surface area contributed by atoms with Gasteiger partial charge in [0, 0.05) is 16.7 Å². The van der Waals surface area contributed by atoms with Crippen LogP contribution in [0.25, 0.3) is 5.76 Å². The normalized spacial score (nSPS) is 18.2. The van der Waals surface area contributed by atoms with Crippen LogP contribution in [0.1, 0.15) is 48.3 Å². The Balaban J connectivity index is 1.91. The van der Waals surface area contributed by atoms with E-state index in [4.69, 9.17) is 16.1 Å². The van der Waals surface area contributed by atoms with E-state index >= 15 is 0 Å². The van der Waals surface area contributed by atoms with Gasteiger partial charge < -0.3 is 9.63 Å². The highest BCUT2D eigenvalue weighted by atomic mass is 35.5. The molecule has 1 atom stereocenters. The molecule has 158 valence electrons. The smallest absolute Gasteiger partial charge is 0.301 e. The van der Waals surface area contributed by atoms with Gasteiger partial charge in [-0.05, 0) is 48.2 Å². The van der Waals surface area contributed by atoms with Crippen LogP contribution in [0.4, 0.5) is 5.82 Å². The fourth-order valence-corrected chi connectivity index (χ4v) is 3.80. The number of benzene rings is 2. The van der Waals surface area contributed by atoms with E-state index in [1.54, 1.807) is 37.3 Å². The van der Waals surface area contributed by atoms with E-state index < -0.39 is 17.7 Å². The fraction of sp³-hybridized carbons (Fsp3) is 0.208. The summed E-state index contributed by atoms with van der Waals surface area (Å²) in [6.45, 7) is 5.87. The van der Waals surface area contributed by atoms with Crippen molar-refractivity contribution in [2.45, 2.75) is 32.7 Å². The molecule has 6 nitrogen and oxygen atoms in total. The van der Waals surface area contributed by atoms with Crippen LogP contribution in [-0.2, 0) is 9.59 Å². The van der Waals surface area contributed by atoms with Crippen LogP contribution < -0.4 is 4.90 Å². The number of aliphatic hydroxyl groups excluding tert-OH is 1. The van der Waals surface area contributed by atoms with Crippen LogP contribution in [0.3, 0.4) is 0 Å². The predicted molar refractivity (Wildman–Crippen MR) is 118 cm³/mol. The zero-order valence-electron chi connectivity index (χ0n) is 17.3. The number of halogens is 1. The van der Waals surface area contributed by atoms with Crippen molar-refractivity contribution in [3.63, 3.8) is 0 Å². The third-order valence-corrected chi connectivity index (χ3v) is 5.60. The molecular weight excluding hydrogens is 416 g/mol. The van der Waals surface area contributed by atoms with Crippen molar-refractivity contribution >= 4 is 34.9 Å². The highest BCUT2D eigenvalue weighted by Gasteiger charge is 2.48. The second-order valence-corrected chi connectivity index (χ2v) is 8.23. The number of carbonyl (C=O) groups excluding carboxylic acids is 2. The van der Waals surface area contributed by atoms with Crippen LogP contribution in [0.15, 0.2) is 64.7 Å². The van der Waals surface area contributed by atoms with Crippen LogP contribution in [0, 0.1) is 6.92 Å². The van der Waals surface area contributed by atoms with Crippen LogP contribution >= 0.6 is 11.6 Å². The number of rotatable bonds is 4. The molecule has 1 aliphatic heterocycles. The summed E-state index contributed by atoms with van der Waals surface area (Å²) in [5.74, 6) is -0.785. The zero-order valence-corrected chi connectivity index (χ0v) is 18.1. The molecule has 0 aliphatic carbocycles. The molecule has 0 radical (unpaired) electrons. The molecule has 2 aromatic carbocycles. The van der Waals surface area contributed by atoms with Gasteiger partial charge >= 0.3 is 5.91 Å². The number of aryl methyl sites for hydroxylation is 1. The minimum absolute atomic E-state index is 0.00901. The van der Waals surface area contributed by atoms with Crippen LogP contribution in [-0.4, -0.2) is 22.0 Å². The molecule has 1 fully saturated rings. The fourth-order valence-electron chi connectivity index (χ4n) is 3.68. The summed E-state index contributed by atoms with van der Waals surface area (Å²) in [7, 11) is 0. The third-order valence-electron chi connectivity index (χ3n) is 5.34. The number of anilines is 1. The Morgan fingerprint density at radius 3 is 2.29 bits per heavy atom. The van der Waals surface area contributed by atoms with E-state index in [1.807, 2.05) is 24.3 Å². The van der Waals surface area contributed by atoms with Gasteiger partial charge in [-0.25, -0.2) is 0 Å². The van der Waals surface area contributed by atoms with Gasteiger partial charge in [0.15, 0.2) is 5.82 Å². The van der Waals surface area contributed by atoms with E-state index in [0.29, 0.717) is 27.8 Å². The van der Waals surface area contributed by atoms with Gasteiger partial charge in [-0.15, -0.1) is 0 Å². The first-order valence-electron chi connectivity index (χ1n) is 9.88. The summed E-state index contributed by atoms with van der Waals surface area (Å²) in [5, 5.41) is 15.5. The number of Topliss-reactive ketones (excluding diaryl/α,β-unsaturated/α-hetero) is 1. The van der Waals surface area contributed by atoms with Gasteiger partial charge in [-0.3, -0.25) is 14.5 Å². The number of hydrogen-bond acceptors (Lipinski definition) is 5. The lowest BCUT2D eigenvalue weighted by atomic mass is 9.93. The molecular formula is C24H21ClN2O4. The molecule has 0 saturated carbocycles. The standard InChI is InChI=1S/C24H21ClN2O4/c1-13(2)15-4-6-16(7-5-15)21-20(22(28)17-8-10-18(25)11-9-17)23(29)24(30)27(21)19-12-14(3)31-26-19/h4-13,21,28H,1-3H3/b22-20+/t21-/m0/s1. The number of aromatic nitrogens is 1. The van der Waals surface area contributed by atoms with E-state index in [-0.39, 0.29) is 17.2 Å². The van der Waals surface area contributed by atoms with Crippen molar-refractivity contribution in [1.82, 2.24) is 5.16 Å². The summed E-state index contributed by atoms with van der Waals surface area (Å²) < 4.78 is 5.14. The van der Waals surface area contributed by atoms with Crippen LogP contribution in [0.2, 0.25) is 5.02 Å². The maximum absolute atomic E-state index is 13.0. The molecule has 1 aromatic heterocycles. The highest BCUT2D eigenvalue weighted by molar-refractivity contribution is 6.51. The molecule has 0 spiro atoms. The SMILES string of the molecule is Cc1cc(N2C(=O)C(=O)/C(=C(/O)c3ccc(Cl)cc3)[C@@H]2c2ccc(C(C)C)cc2)no1. The molecule has 0 bridgehead atoms. The maximum Gasteiger partial charge on any atom is 0.301 e. The minimum Gasteiger partial charge on any atom is -0.507 e. The Labute approximate surface area is 184 Å². The number of ketones is 1. The van der Waals surface area contributed by atoms with Gasteiger partial charge in [0.05, 0.1) is 11.6 Å². The van der Waals surface area contributed by atoms with Gasteiger partial charge in [0.2, 0.25) is 0 Å². The Kier molecular flexibility index (Phi) is 5.41. The lowest BCUT2D eigenvalue weighted by Gasteiger charge is -2.23. The number of hydrogen-bond donors (Lipinski definition) is 1. The first kappa shape index (κ1) is 20.9. The van der Waals surface area contributed by atoms with Crippen molar-refractivity contribution in [2.24, 2.45) is 0 Å². The number of aliphatic hydroxyl groups is 1. The summed E-state index contributed by atoms with van der Waals surface area (Å²) in [6.07, 6.45) is 0. The van der Waals surface area contributed by atoms with Gasteiger partial charge in [0.1, 0.15) is 11.5 Å². The van der Waals surface area contributed by atoms with Crippen molar-refractivity contribution in [3.8, 4) is 0 Å². The largest absolute Gasteiger partial charge is 0.507 e. The van der Waals surface area contributed by atoms with Gasteiger partial charge in [-0.1, -0.05) is 54.9 Å². The van der Waals surface area contributed by atoms with Crippen LogP contribution in [0.5, 0.6) is 0 Å². The topological polar surface area (TPSA) is 83.6 Å². The van der Waals surface area contributed by atoms with E-state index in [1.165, 1.54) is 4.90 Å². The quantitative estimate of drug-likeness (QED) is 0.337. The summed E-state index contributed by atoms with van der Waals surface area (Å²) in [5.41, 5.74) is 2.18. The molecule has 4 rings (SSSR count). The third kappa shape index (κ3) is 3.75. The Morgan fingerprint density at radius 1 is 1.10 bits per heavy atom. The Morgan fingerprint density at radius 2 is 1.74 bits per heavy atom. The van der Waals surface area contributed by atoms with E-state index in [2.05, 4.69) is 19.0 Å². The van der Waals surface area contributed by atoms with Crippen molar-refractivity contribution in [3.05, 3.63) is 87.6 Å². The average Bonchev–Trinajstić information content (AvgIpc) is 3.29. The molecule has 1 saturated heterocycles. The average molecular weight is 437 g/mol. The molecule has 1 amide bonds. The molecule has 2 heterocycles.